The second-order valence-electron chi connectivity index (χ2n) is 5.25. The van der Waals surface area contributed by atoms with Gasteiger partial charge in [0.2, 0.25) is 0 Å². The van der Waals surface area contributed by atoms with Gasteiger partial charge in [-0.15, -0.1) is 21.5 Å². The Balaban J connectivity index is 1.81. The van der Waals surface area contributed by atoms with E-state index in [1.807, 2.05) is 6.07 Å². The lowest BCUT2D eigenvalue weighted by Crippen LogP contribution is -2.23. The van der Waals surface area contributed by atoms with Crippen LogP contribution in [0.15, 0.2) is 41.8 Å². The van der Waals surface area contributed by atoms with Crippen molar-refractivity contribution in [2.75, 3.05) is 18.4 Å². The third kappa shape index (κ3) is 2.39. The number of aromatic nitrogens is 2. The summed E-state index contributed by atoms with van der Waals surface area (Å²) in [5.74, 6) is 0.889. The highest BCUT2D eigenvalue weighted by Crippen LogP contribution is 2.32. The van der Waals surface area contributed by atoms with E-state index in [4.69, 9.17) is 0 Å². The molecule has 3 aromatic rings. The molecule has 1 atom stereocenters. The Morgan fingerprint density at radius 3 is 2.76 bits per heavy atom. The summed E-state index contributed by atoms with van der Waals surface area (Å²) in [6.45, 7) is 2.05. The van der Waals surface area contributed by atoms with Gasteiger partial charge in [-0.2, -0.15) is 0 Å². The van der Waals surface area contributed by atoms with Gasteiger partial charge < -0.3 is 10.6 Å². The Labute approximate surface area is 127 Å². The summed E-state index contributed by atoms with van der Waals surface area (Å²) in [5.41, 5.74) is 0.968. The number of benzene rings is 1. The fourth-order valence-electron chi connectivity index (χ4n) is 2.78. The van der Waals surface area contributed by atoms with E-state index in [0.29, 0.717) is 6.04 Å². The molecule has 1 aromatic carbocycles. The van der Waals surface area contributed by atoms with Crippen molar-refractivity contribution < 1.29 is 0 Å². The number of nitrogens with one attached hydrogen (secondary N) is 2. The van der Waals surface area contributed by atoms with Crippen molar-refractivity contribution in [3.05, 3.63) is 41.8 Å². The standard InChI is InChI=1S/C16H16N4S/c1-2-5-13-12(4-1)15(14-6-3-9-21-14)19-20-16(13)18-11-7-8-17-10-11/h1-6,9,11,17H,7-8,10H2,(H,18,20). The first kappa shape index (κ1) is 12.7. The fraction of sp³-hybridized carbons (Fsp3) is 0.250. The lowest BCUT2D eigenvalue weighted by atomic mass is 10.1. The minimum atomic E-state index is 0.440. The van der Waals surface area contributed by atoms with Crippen LogP contribution in [0.1, 0.15) is 6.42 Å². The quantitative estimate of drug-likeness (QED) is 0.779. The molecule has 1 fully saturated rings. The maximum Gasteiger partial charge on any atom is 0.156 e. The molecule has 0 spiro atoms. The Morgan fingerprint density at radius 1 is 1.10 bits per heavy atom. The minimum Gasteiger partial charge on any atom is -0.364 e. The smallest absolute Gasteiger partial charge is 0.156 e. The number of hydrogen-bond donors (Lipinski definition) is 2. The molecule has 0 aliphatic carbocycles. The fourth-order valence-corrected chi connectivity index (χ4v) is 3.50. The number of nitrogens with zero attached hydrogens (tertiary/aromatic N) is 2. The van der Waals surface area contributed by atoms with Crippen LogP contribution >= 0.6 is 11.3 Å². The number of rotatable bonds is 3. The van der Waals surface area contributed by atoms with Crippen LogP contribution < -0.4 is 10.6 Å². The highest BCUT2D eigenvalue weighted by molar-refractivity contribution is 7.13. The summed E-state index contributed by atoms with van der Waals surface area (Å²) in [5, 5.41) is 20.2. The highest BCUT2D eigenvalue weighted by atomic mass is 32.1. The van der Waals surface area contributed by atoms with Gasteiger partial charge in [0.05, 0.1) is 4.88 Å². The van der Waals surface area contributed by atoms with Gasteiger partial charge in [0.15, 0.2) is 5.82 Å². The van der Waals surface area contributed by atoms with E-state index in [0.717, 1.165) is 46.7 Å². The Bertz CT molecular complexity index is 748. The molecule has 4 nitrogen and oxygen atoms in total. The molecule has 4 rings (SSSR count). The Kier molecular flexibility index (Phi) is 3.29. The van der Waals surface area contributed by atoms with E-state index in [1.165, 1.54) is 0 Å². The van der Waals surface area contributed by atoms with Gasteiger partial charge in [0, 0.05) is 23.4 Å². The molecule has 0 bridgehead atoms. The lowest BCUT2D eigenvalue weighted by Gasteiger charge is -2.14. The van der Waals surface area contributed by atoms with Crippen molar-refractivity contribution in [1.82, 2.24) is 15.5 Å². The number of anilines is 1. The van der Waals surface area contributed by atoms with Crippen LogP contribution in [0.4, 0.5) is 5.82 Å². The third-order valence-corrected chi connectivity index (χ3v) is 4.72. The topological polar surface area (TPSA) is 49.8 Å². The van der Waals surface area contributed by atoms with Crippen LogP contribution in [0.3, 0.4) is 0 Å². The summed E-state index contributed by atoms with van der Waals surface area (Å²) in [6.07, 6.45) is 1.13. The van der Waals surface area contributed by atoms with Gasteiger partial charge in [0.1, 0.15) is 5.69 Å². The molecule has 0 saturated carbocycles. The molecule has 1 aliphatic rings. The van der Waals surface area contributed by atoms with Gasteiger partial charge >= 0.3 is 0 Å². The molecule has 1 aliphatic heterocycles. The van der Waals surface area contributed by atoms with Crippen LogP contribution in [0.25, 0.3) is 21.3 Å². The van der Waals surface area contributed by atoms with Crippen molar-refractivity contribution >= 4 is 27.9 Å². The van der Waals surface area contributed by atoms with Crippen LogP contribution in [0.5, 0.6) is 0 Å². The second-order valence-corrected chi connectivity index (χ2v) is 6.20. The maximum absolute atomic E-state index is 4.47. The zero-order valence-corrected chi connectivity index (χ0v) is 12.4. The zero-order chi connectivity index (χ0) is 14.1. The summed E-state index contributed by atoms with van der Waals surface area (Å²) in [6, 6.07) is 12.9. The van der Waals surface area contributed by atoms with Gasteiger partial charge in [-0.3, -0.25) is 0 Å². The summed E-state index contributed by atoms with van der Waals surface area (Å²) >= 11 is 1.70. The van der Waals surface area contributed by atoms with E-state index in [2.05, 4.69) is 56.5 Å². The maximum atomic E-state index is 4.47. The first-order valence-electron chi connectivity index (χ1n) is 7.18. The van der Waals surface area contributed by atoms with Gasteiger partial charge in [-0.1, -0.05) is 30.3 Å². The van der Waals surface area contributed by atoms with E-state index in [1.54, 1.807) is 11.3 Å². The normalized spacial score (nSPS) is 18.2. The highest BCUT2D eigenvalue weighted by Gasteiger charge is 2.17. The van der Waals surface area contributed by atoms with Crippen LogP contribution in [0.2, 0.25) is 0 Å². The van der Waals surface area contributed by atoms with Crippen LogP contribution in [-0.4, -0.2) is 29.3 Å². The van der Waals surface area contributed by atoms with Gasteiger partial charge in [-0.05, 0) is 24.4 Å². The molecule has 106 valence electrons. The molecule has 0 amide bonds. The molecule has 2 aromatic heterocycles. The van der Waals surface area contributed by atoms with E-state index in [9.17, 15) is 0 Å². The molecular weight excluding hydrogens is 280 g/mol. The minimum absolute atomic E-state index is 0.440. The monoisotopic (exact) mass is 296 g/mol. The van der Waals surface area contributed by atoms with Gasteiger partial charge in [-0.25, -0.2) is 0 Å². The summed E-state index contributed by atoms with van der Waals surface area (Å²) in [4.78, 5) is 1.16. The first-order chi connectivity index (χ1) is 10.4. The predicted octanol–water partition coefficient (Wildman–Crippen LogP) is 3.13. The molecule has 2 N–H and O–H groups in total. The van der Waals surface area contributed by atoms with Crippen molar-refractivity contribution in [2.24, 2.45) is 0 Å². The molecule has 21 heavy (non-hydrogen) atoms. The average molecular weight is 296 g/mol. The second kappa shape index (κ2) is 5.42. The third-order valence-electron chi connectivity index (χ3n) is 3.84. The number of hydrogen-bond acceptors (Lipinski definition) is 5. The average Bonchev–Trinajstić information content (AvgIpc) is 3.21. The molecule has 3 heterocycles. The van der Waals surface area contributed by atoms with Crippen LogP contribution in [-0.2, 0) is 0 Å². The largest absolute Gasteiger partial charge is 0.364 e. The molecule has 1 unspecified atom stereocenters. The summed E-state index contributed by atoms with van der Waals surface area (Å²) in [7, 11) is 0. The first-order valence-corrected chi connectivity index (χ1v) is 8.06. The molecule has 5 heteroatoms. The van der Waals surface area contributed by atoms with Crippen molar-refractivity contribution in [2.45, 2.75) is 12.5 Å². The molecule has 1 saturated heterocycles. The van der Waals surface area contributed by atoms with Crippen LogP contribution in [0, 0.1) is 0 Å². The van der Waals surface area contributed by atoms with E-state index < -0.39 is 0 Å². The van der Waals surface area contributed by atoms with Gasteiger partial charge in [0.25, 0.3) is 0 Å². The van der Waals surface area contributed by atoms with Crippen molar-refractivity contribution in [1.29, 1.82) is 0 Å². The van der Waals surface area contributed by atoms with Crippen molar-refractivity contribution in [3.63, 3.8) is 0 Å². The Morgan fingerprint density at radius 2 is 2.00 bits per heavy atom. The number of fused-ring (bicyclic) bond motifs is 1. The SMILES string of the molecule is c1csc(-c2nnc(NC3CCNC3)c3ccccc23)c1. The zero-order valence-electron chi connectivity index (χ0n) is 11.5. The van der Waals surface area contributed by atoms with E-state index >= 15 is 0 Å². The Hall–Kier alpha value is -1.98. The van der Waals surface area contributed by atoms with Crippen molar-refractivity contribution in [3.8, 4) is 10.6 Å². The molecule has 0 radical (unpaired) electrons. The predicted molar refractivity (Wildman–Crippen MR) is 87.7 cm³/mol. The summed E-state index contributed by atoms with van der Waals surface area (Å²) < 4.78 is 0. The van der Waals surface area contributed by atoms with E-state index in [-0.39, 0.29) is 0 Å². The lowest BCUT2D eigenvalue weighted by molar-refractivity contribution is 0.785. The molecular formula is C16H16N4S. The number of thiophene rings is 1.